The molecule has 4 rings (SSSR count). The summed E-state index contributed by atoms with van der Waals surface area (Å²) in [5.41, 5.74) is 1.06. The zero-order valence-electron chi connectivity index (χ0n) is 13.3. The molecule has 126 valence electrons. The Morgan fingerprint density at radius 1 is 1.00 bits per heavy atom. The van der Waals surface area contributed by atoms with Gasteiger partial charge in [0.05, 0.1) is 0 Å². The smallest absolute Gasteiger partial charge is 0.289 e. The molecule has 3 aromatic rings. The molecule has 8 heteroatoms. The first-order valence-electron chi connectivity index (χ1n) is 8.02. The first kappa shape index (κ1) is 15.3. The first-order valence-corrected chi connectivity index (χ1v) is 8.02. The highest BCUT2D eigenvalue weighted by atomic mass is 16.2. The monoisotopic (exact) mass is 336 g/mol. The molecule has 1 aliphatic carbocycles. The Bertz CT molecular complexity index is 917. The Morgan fingerprint density at radius 3 is 2.48 bits per heavy atom. The summed E-state index contributed by atoms with van der Waals surface area (Å²) in [5.74, 6) is -0.356. The summed E-state index contributed by atoms with van der Waals surface area (Å²) in [6.45, 7) is 0. The molecule has 0 atom stereocenters. The Balaban J connectivity index is 1.29. The molecular formula is C17H16N6O2. The van der Waals surface area contributed by atoms with Crippen LogP contribution in [0, 0.1) is 0 Å². The van der Waals surface area contributed by atoms with E-state index in [0.717, 1.165) is 5.39 Å². The predicted molar refractivity (Wildman–Crippen MR) is 89.9 cm³/mol. The van der Waals surface area contributed by atoms with Crippen molar-refractivity contribution < 1.29 is 9.59 Å². The zero-order chi connectivity index (χ0) is 17.2. The lowest BCUT2D eigenvalue weighted by molar-refractivity contribution is 0.0854. The normalized spacial score (nSPS) is 19.2. The van der Waals surface area contributed by atoms with Crippen LogP contribution in [-0.4, -0.2) is 43.8 Å². The quantitative estimate of drug-likeness (QED) is 0.659. The molecule has 0 unspecified atom stereocenters. The largest absolute Gasteiger partial charge is 0.348 e. The standard InChI is InChI=1S/C17H16N6O2/c24-16(13-3-2-10-4-7-20-14(10)23-13)21-11-8-12(9-11)22-17(25)15-18-5-1-6-19-15/h1-7,11-12H,8-9H2,(H,20,23)(H,21,24)(H,22,25). The number of aromatic amines is 1. The van der Waals surface area contributed by atoms with Gasteiger partial charge in [0.15, 0.2) is 0 Å². The molecule has 0 aliphatic heterocycles. The van der Waals surface area contributed by atoms with E-state index in [4.69, 9.17) is 0 Å². The molecule has 2 amide bonds. The van der Waals surface area contributed by atoms with Gasteiger partial charge in [-0.15, -0.1) is 0 Å². The molecule has 0 aromatic carbocycles. The van der Waals surface area contributed by atoms with E-state index in [-0.39, 0.29) is 29.7 Å². The van der Waals surface area contributed by atoms with Gasteiger partial charge in [0.25, 0.3) is 11.8 Å². The van der Waals surface area contributed by atoms with Crippen molar-refractivity contribution in [2.45, 2.75) is 24.9 Å². The average molecular weight is 336 g/mol. The third-order valence-electron chi connectivity index (χ3n) is 4.22. The molecule has 0 bridgehead atoms. The summed E-state index contributed by atoms with van der Waals surface area (Å²) in [6, 6.07) is 7.16. The molecule has 8 nitrogen and oxygen atoms in total. The number of aromatic nitrogens is 4. The molecule has 3 heterocycles. The summed E-state index contributed by atoms with van der Waals surface area (Å²) in [7, 11) is 0. The van der Waals surface area contributed by atoms with E-state index >= 15 is 0 Å². The van der Waals surface area contributed by atoms with E-state index in [2.05, 4.69) is 30.6 Å². The lowest BCUT2D eigenvalue weighted by atomic mass is 9.86. The third kappa shape index (κ3) is 3.18. The van der Waals surface area contributed by atoms with Crippen LogP contribution in [0.3, 0.4) is 0 Å². The Kier molecular flexibility index (Phi) is 3.85. The van der Waals surface area contributed by atoms with Crippen LogP contribution < -0.4 is 10.6 Å². The topological polar surface area (TPSA) is 113 Å². The average Bonchev–Trinajstić information content (AvgIpc) is 3.08. The molecule has 0 radical (unpaired) electrons. The molecule has 1 fully saturated rings. The number of hydrogen-bond acceptors (Lipinski definition) is 5. The van der Waals surface area contributed by atoms with Crippen LogP contribution in [0.4, 0.5) is 0 Å². The number of amides is 2. The maximum Gasteiger partial charge on any atom is 0.289 e. The minimum absolute atomic E-state index is 0.0143. The number of fused-ring (bicyclic) bond motifs is 1. The molecule has 3 N–H and O–H groups in total. The van der Waals surface area contributed by atoms with E-state index < -0.39 is 0 Å². The van der Waals surface area contributed by atoms with E-state index in [9.17, 15) is 9.59 Å². The number of hydrogen-bond donors (Lipinski definition) is 3. The van der Waals surface area contributed by atoms with Crippen molar-refractivity contribution in [3.8, 4) is 0 Å². The maximum atomic E-state index is 12.3. The number of H-pyrrole nitrogens is 1. The van der Waals surface area contributed by atoms with Crippen LogP contribution in [-0.2, 0) is 0 Å². The molecule has 1 saturated carbocycles. The second-order valence-electron chi connectivity index (χ2n) is 6.00. The molecular weight excluding hydrogens is 320 g/mol. The van der Waals surface area contributed by atoms with Crippen LogP contribution in [0.1, 0.15) is 33.9 Å². The number of nitrogens with one attached hydrogen (secondary N) is 3. The second kappa shape index (κ2) is 6.31. The van der Waals surface area contributed by atoms with Crippen LogP contribution in [0.2, 0.25) is 0 Å². The molecule has 0 saturated heterocycles. The van der Waals surface area contributed by atoms with Crippen molar-refractivity contribution in [3.63, 3.8) is 0 Å². The van der Waals surface area contributed by atoms with Gasteiger partial charge in [0, 0.05) is 36.1 Å². The van der Waals surface area contributed by atoms with Crippen molar-refractivity contribution in [3.05, 3.63) is 54.4 Å². The highest BCUT2D eigenvalue weighted by molar-refractivity contribution is 5.94. The fourth-order valence-corrected chi connectivity index (χ4v) is 2.84. The van der Waals surface area contributed by atoms with E-state index in [1.54, 1.807) is 18.3 Å². The molecule has 0 spiro atoms. The van der Waals surface area contributed by atoms with Gasteiger partial charge in [-0.3, -0.25) is 9.59 Å². The fourth-order valence-electron chi connectivity index (χ4n) is 2.84. The highest BCUT2D eigenvalue weighted by Crippen LogP contribution is 2.21. The number of pyridine rings is 1. The van der Waals surface area contributed by atoms with Gasteiger partial charge in [-0.05, 0) is 37.1 Å². The van der Waals surface area contributed by atoms with Gasteiger partial charge >= 0.3 is 0 Å². The van der Waals surface area contributed by atoms with Gasteiger partial charge in [0.2, 0.25) is 5.82 Å². The van der Waals surface area contributed by atoms with Crippen LogP contribution in [0.15, 0.2) is 42.9 Å². The van der Waals surface area contributed by atoms with Gasteiger partial charge in [0.1, 0.15) is 11.3 Å². The SMILES string of the molecule is O=C(NC1CC(NC(=O)c2ncccn2)C1)c1ccc2cc[nH]c2n1. The number of carbonyl (C=O) groups is 2. The van der Waals surface area contributed by atoms with Crippen LogP contribution >= 0.6 is 0 Å². The summed E-state index contributed by atoms with van der Waals surface area (Å²) in [6.07, 6.45) is 6.19. The van der Waals surface area contributed by atoms with Gasteiger partial charge in [-0.2, -0.15) is 0 Å². The van der Waals surface area contributed by atoms with Crippen LogP contribution in [0.5, 0.6) is 0 Å². The van der Waals surface area contributed by atoms with E-state index in [1.807, 2.05) is 12.1 Å². The van der Waals surface area contributed by atoms with Gasteiger partial charge < -0.3 is 15.6 Å². The molecule has 25 heavy (non-hydrogen) atoms. The molecule has 3 aromatic heterocycles. The van der Waals surface area contributed by atoms with Crippen molar-refractivity contribution in [2.75, 3.05) is 0 Å². The number of carbonyl (C=O) groups excluding carboxylic acids is 2. The Morgan fingerprint density at radius 2 is 1.72 bits per heavy atom. The highest BCUT2D eigenvalue weighted by Gasteiger charge is 2.32. The lowest BCUT2D eigenvalue weighted by Crippen LogP contribution is -2.54. The zero-order valence-corrected chi connectivity index (χ0v) is 13.3. The van der Waals surface area contributed by atoms with E-state index in [0.29, 0.717) is 24.2 Å². The third-order valence-corrected chi connectivity index (χ3v) is 4.22. The van der Waals surface area contributed by atoms with Gasteiger partial charge in [-0.25, -0.2) is 15.0 Å². The predicted octanol–water partition coefficient (Wildman–Crippen LogP) is 1.04. The van der Waals surface area contributed by atoms with Crippen molar-refractivity contribution in [2.24, 2.45) is 0 Å². The van der Waals surface area contributed by atoms with Crippen molar-refractivity contribution in [1.29, 1.82) is 0 Å². The van der Waals surface area contributed by atoms with E-state index in [1.165, 1.54) is 12.4 Å². The lowest BCUT2D eigenvalue weighted by Gasteiger charge is -2.35. The van der Waals surface area contributed by atoms with Gasteiger partial charge in [-0.1, -0.05) is 0 Å². The summed E-state index contributed by atoms with van der Waals surface area (Å²) in [4.78, 5) is 39.3. The van der Waals surface area contributed by atoms with Crippen LogP contribution in [0.25, 0.3) is 11.0 Å². The van der Waals surface area contributed by atoms with Crippen molar-refractivity contribution >= 4 is 22.8 Å². The summed E-state index contributed by atoms with van der Waals surface area (Å²) < 4.78 is 0. The molecule has 1 aliphatic rings. The number of rotatable bonds is 4. The first-order chi connectivity index (χ1) is 12.2. The Hall–Kier alpha value is -3.29. The second-order valence-corrected chi connectivity index (χ2v) is 6.00. The number of nitrogens with zero attached hydrogens (tertiary/aromatic N) is 3. The fraction of sp³-hybridized carbons (Fsp3) is 0.235. The minimum Gasteiger partial charge on any atom is -0.348 e. The summed E-state index contributed by atoms with van der Waals surface area (Å²) in [5, 5.41) is 6.76. The minimum atomic E-state index is -0.297. The Labute approximate surface area is 143 Å². The van der Waals surface area contributed by atoms with Crippen molar-refractivity contribution in [1.82, 2.24) is 30.6 Å². The summed E-state index contributed by atoms with van der Waals surface area (Å²) >= 11 is 0. The maximum absolute atomic E-state index is 12.3.